The fraction of sp³-hybridized carbons (Fsp3) is 0.647. The zero-order valence-corrected chi connectivity index (χ0v) is 12.8. The van der Waals surface area contributed by atoms with E-state index in [1.165, 1.54) is 31.2 Å². The summed E-state index contributed by atoms with van der Waals surface area (Å²) in [6, 6.07) is 11.0. The van der Waals surface area contributed by atoms with Crippen LogP contribution >= 0.6 is 0 Å². The van der Waals surface area contributed by atoms with Gasteiger partial charge in [0.25, 0.3) is 0 Å². The van der Waals surface area contributed by atoms with Gasteiger partial charge in [-0.15, -0.1) is 0 Å². The minimum absolute atomic E-state index is 0.106. The van der Waals surface area contributed by atoms with Gasteiger partial charge in [0.2, 0.25) is 0 Å². The minimum Gasteiger partial charge on any atom is -0.323 e. The Morgan fingerprint density at radius 2 is 1.53 bits per heavy atom. The van der Waals surface area contributed by atoms with Gasteiger partial charge in [0.05, 0.1) is 0 Å². The van der Waals surface area contributed by atoms with Crippen molar-refractivity contribution in [2.75, 3.05) is 13.1 Å². The zero-order valence-electron chi connectivity index (χ0n) is 12.8. The molecule has 2 nitrogen and oxygen atoms in total. The van der Waals surface area contributed by atoms with Crippen LogP contribution in [-0.2, 0) is 0 Å². The third kappa shape index (κ3) is 5.33. The lowest BCUT2D eigenvalue weighted by atomic mass is 9.99. The molecular weight excluding hydrogens is 232 g/mol. The monoisotopic (exact) mass is 262 g/mol. The van der Waals surface area contributed by atoms with Crippen LogP contribution in [0.25, 0.3) is 0 Å². The Morgan fingerprint density at radius 1 is 1.00 bits per heavy atom. The third-order valence-corrected chi connectivity index (χ3v) is 3.88. The summed E-state index contributed by atoms with van der Waals surface area (Å²) in [5.74, 6) is 0. The average molecular weight is 262 g/mol. The summed E-state index contributed by atoms with van der Waals surface area (Å²) < 4.78 is 0. The molecule has 108 valence electrons. The van der Waals surface area contributed by atoms with E-state index in [1.807, 2.05) is 6.07 Å². The van der Waals surface area contributed by atoms with Crippen LogP contribution in [0.3, 0.4) is 0 Å². The number of nitrogens with zero attached hydrogens (tertiary/aromatic N) is 1. The summed E-state index contributed by atoms with van der Waals surface area (Å²) in [6.45, 7) is 9.10. The molecule has 0 radical (unpaired) electrons. The second-order valence-electron chi connectivity index (χ2n) is 5.42. The van der Waals surface area contributed by atoms with Crippen LogP contribution in [-0.4, -0.2) is 24.0 Å². The smallest absolute Gasteiger partial charge is 0.0450 e. The van der Waals surface area contributed by atoms with Gasteiger partial charge < -0.3 is 5.73 Å². The Kier molecular flexibility index (Phi) is 7.76. The van der Waals surface area contributed by atoms with Crippen LogP contribution in [0.2, 0.25) is 0 Å². The molecule has 1 rings (SSSR count). The van der Waals surface area contributed by atoms with Gasteiger partial charge in [-0.25, -0.2) is 0 Å². The number of hydrogen-bond acceptors (Lipinski definition) is 2. The highest BCUT2D eigenvalue weighted by atomic mass is 15.2. The molecule has 1 aromatic carbocycles. The Bertz CT molecular complexity index is 315. The topological polar surface area (TPSA) is 29.3 Å². The van der Waals surface area contributed by atoms with Crippen molar-refractivity contribution in [1.82, 2.24) is 4.90 Å². The van der Waals surface area contributed by atoms with E-state index >= 15 is 0 Å². The van der Waals surface area contributed by atoms with E-state index < -0.39 is 0 Å². The highest BCUT2D eigenvalue weighted by Gasteiger charge is 2.20. The van der Waals surface area contributed by atoms with Gasteiger partial charge in [-0.05, 0) is 38.4 Å². The van der Waals surface area contributed by atoms with E-state index in [1.54, 1.807) is 0 Å². The van der Waals surface area contributed by atoms with E-state index in [4.69, 9.17) is 5.73 Å². The lowest BCUT2D eigenvalue weighted by molar-refractivity contribution is 0.179. The van der Waals surface area contributed by atoms with Gasteiger partial charge in [0.1, 0.15) is 0 Å². The Balaban J connectivity index is 2.65. The molecule has 0 saturated carbocycles. The second kappa shape index (κ2) is 9.11. The van der Waals surface area contributed by atoms with Crippen molar-refractivity contribution >= 4 is 0 Å². The van der Waals surface area contributed by atoms with Crippen molar-refractivity contribution in [3.8, 4) is 0 Å². The first-order valence-electron chi connectivity index (χ1n) is 7.75. The molecule has 0 aliphatic rings. The fourth-order valence-electron chi connectivity index (χ4n) is 2.42. The van der Waals surface area contributed by atoms with Gasteiger partial charge in [0, 0.05) is 12.1 Å². The van der Waals surface area contributed by atoms with Gasteiger partial charge >= 0.3 is 0 Å². The molecule has 0 amide bonds. The highest BCUT2D eigenvalue weighted by Crippen LogP contribution is 2.19. The summed E-state index contributed by atoms with van der Waals surface area (Å²) in [4.78, 5) is 2.56. The number of nitrogens with two attached hydrogens (primary N) is 1. The molecule has 0 saturated heterocycles. The quantitative estimate of drug-likeness (QED) is 0.729. The maximum Gasteiger partial charge on any atom is 0.0450 e. The van der Waals surface area contributed by atoms with Gasteiger partial charge in [-0.1, -0.05) is 57.0 Å². The molecular formula is C17H30N2. The Hall–Kier alpha value is -0.860. The SMILES string of the molecule is CCCCN(CCCC)C(C)C(N)c1ccccc1. The van der Waals surface area contributed by atoms with Crippen molar-refractivity contribution in [3.05, 3.63) is 35.9 Å². The molecule has 0 heterocycles. The van der Waals surface area contributed by atoms with E-state index in [-0.39, 0.29) is 6.04 Å². The van der Waals surface area contributed by atoms with E-state index in [9.17, 15) is 0 Å². The molecule has 2 N–H and O–H groups in total. The Morgan fingerprint density at radius 3 is 2.00 bits per heavy atom. The second-order valence-corrected chi connectivity index (χ2v) is 5.42. The third-order valence-electron chi connectivity index (χ3n) is 3.88. The van der Waals surface area contributed by atoms with Gasteiger partial charge in [-0.2, -0.15) is 0 Å². The first-order chi connectivity index (χ1) is 9.20. The van der Waals surface area contributed by atoms with Crippen LogP contribution in [0.1, 0.15) is 58.1 Å². The molecule has 0 spiro atoms. The predicted molar refractivity (Wildman–Crippen MR) is 84.2 cm³/mol. The summed E-state index contributed by atoms with van der Waals surface area (Å²) in [5, 5.41) is 0. The molecule has 0 aliphatic heterocycles. The largest absolute Gasteiger partial charge is 0.323 e. The predicted octanol–water partition coefficient (Wildman–Crippen LogP) is 3.98. The molecule has 0 fully saturated rings. The maximum atomic E-state index is 6.44. The summed E-state index contributed by atoms with van der Waals surface area (Å²) in [6.07, 6.45) is 5.01. The lowest BCUT2D eigenvalue weighted by Crippen LogP contribution is -2.42. The van der Waals surface area contributed by atoms with Crippen LogP contribution in [0.5, 0.6) is 0 Å². The Labute approximate surface area is 119 Å². The normalized spacial score (nSPS) is 14.6. The van der Waals surface area contributed by atoms with Crippen molar-refractivity contribution in [3.63, 3.8) is 0 Å². The number of benzene rings is 1. The first kappa shape index (κ1) is 16.2. The van der Waals surface area contributed by atoms with Crippen LogP contribution in [0, 0.1) is 0 Å². The van der Waals surface area contributed by atoms with Crippen molar-refractivity contribution in [1.29, 1.82) is 0 Å². The molecule has 0 aromatic heterocycles. The van der Waals surface area contributed by atoms with Crippen molar-refractivity contribution in [2.24, 2.45) is 5.73 Å². The van der Waals surface area contributed by atoms with E-state index in [0.29, 0.717) is 6.04 Å². The zero-order chi connectivity index (χ0) is 14.1. The number of hydrogen-bond donors (Lipinski definition) is 1. The van der Waals surface area contributed by atoms with Gasteiger partial charge in [-0.3, -0.25) is 4.90 Å². The van der Waals surface area contributed by atoms with Crippen molar-refractivity contribution < 1.29 is 0 Å². The van der Waals surface area contributed by atoms with Gasteiger partial charge in [0.15, 0.2) is 0 Å². The highest BCUT2D eigenvalue weighted by molar-refractivity contribution is 5.19. The standard InChI is InChI=1S/C17H30N2/c1-4-6-13-19(14-7-5-2)15(3)17(18)16-11-9-8-10-12-16/h8-12,15,17H,4-7,13-14,18H2,1-3H3. The summed E-state index contributed by atoms with van der Waals surface area (Å²) in [7, 11) is 0. The van der Waals surface area contributed by atoms with Crippen LogP contribution < -0.4 is 5.73 Å². The number of rotatable bonds is 9. The van der Waals surface area contributed by atoms with E-state index in [0.717, 1.165) is 13.1 Å². The van der Waals surface area contributed by atoms with Crippen molar-refractivity contribution in [2.45, 2.75) is 58.5 Å². The molecule has 2 heteroatoms. The molecule has 0 aliphatic carbocycles. The maximum absolute atomic E-state index is 6.44. The molecule has 2 unspecified atom stereocenters. The first-order valence-corrected chi connectivity index (χ1v) is 7.75. The molecule has 2 atom stereocenters. The molecule has 0 bridgehead atoms. The van der Waals surface area contributed by atoms with E-state index in [2.05, 4.69) is 49.9 Å². The molecule has 19 heavy (non-hydrogen) atoms. The minimum atomic E-state index is 0.106. The molecule has 1 aromatic rings. The fourth-order valence-corrected chi connectivity index (χ4v) is 2.42. The number of unbranched alkanes of at least 4 members (excludes halogenated alkanes) is 2. The van der Waals surface area contributed by atoms with Crippen LogP contribution in [0.15, 0.2) is 30.3 Å². The summed E-state index contributed by atoms with van der Waals surface area (Å²) >= 11 is 0. The van der Waals surface area contributed by atoms with Crippen LogP contribution in [0.4, 0.5) is 0 Å². The average Bonchev–Trinajstić information content (AvgIpc) is 2.47. The summed E-state index contributed by atoms with van der Waals surface area (Å²) in [5.41, 5.74) is 7.68. The lowest BCUT2D eigenvalue weighted by Gasteiger charge is -2.33.